The van der Waals surface area contributed by atoms with E-state index in [0.29, 0.717) is 18.5 Å². The molecule has 1 aromatic carbocycles. The van der Waals surface area contributed by atoms with Crippen molar-refractivity contribution >= 4 is 19.0 Å². The molecule has 0 saturated heterocycles. The van der Waals surface area contributed by atoms with Crippen molar-refractivity contribution in [2.45, 2.75) is 79.1 Å². The van der Waals surface area contributed by atoms with Crippen molar-refractivity contribution in [3.63, 3.8) is 0 Å². The first kappa shape index (κ1) is 25.1. The number of hydrogen-bond donors (Lipinski definition) is 0. The molecule has 0 aliphatic rings. The maximum Gasteiger partial charge on any atom is 0.361 e. The van der Waals surface area contributed by atoms with E-state index in [1.54, 1.807) is 6.08 Å². The van der Waals surface area contributed by atoms with Crippen LogP contribution in [0.1, 0.15) is 84.6 Å². The Hall–Kier alpha value is -0.890. The maximum absolute atomic E-state index is 13.4. The lowest BCUT2D eigenvalue weighted by Crippen LogP contribution is -2.12. The monoisotopic (exact) mass is 408 g/mol. The molecule has 0 spiro atoms. The quantitative estimate of drug-likeness (QED) is 0.208. The van der Waals surface area contributed by atoms with Crippen molar-refractivity contribution in [2.75, 3.05) is 13.2 Å². The topological polar surface area (TPSA) is 35.5 Å². The summed E-state index contributed by atoms with van der Waals surface area (Å²) in [7, 11) is -3.27. The Labute approximate surface area is 173 Å². The van der Waals surface area contributed by atoms with Gasteiger partial charge in [-0.15, -0.1) is 0 Å². The summed E-state index contributed by atoms with van der Waals surface area (Å²) in [5, 5.41) is 0.641. The van der Waals surface area contributed by atoms with E-state index >= 15 is 0 Å². The molecule has 0 bridgehead atoms. The highest BCUT2D eigenvalue weighted by molar-refractivity contribution is 7.62. The molecule has 0 N–H and O–H groups in total. The Morgan fingerprint density at radius 2 is 1.29 bits per heavy atom. The van der Waals surface area contributed by atoms with Crippen molar-refractivity contribution < 1.29 is 13.6 Å². The SMILES string of the molecule is C=Cc1ccc(P(=O)(OCCCCCC(C)C)OCCCCCC(C)C)cc1. The van der Waals surface area contributed by atoms with Crippen molar-refractivity contribution in [3.05, 3.63) is 36.4 Å². The summed E-state index contributed by atoms with van der Waals surface area (Å²) in [4.78, 5) is 0. The summed E-state index contributed by atoms with van der Waals surface area (Å²) < 4.78 is 25.1. The van der Waals surface area contributed by atoms with E-state index in [2.05, 4.69) is 34.3 Å². The minimum absolute atomic E-state index is 0.478. The highest BCUT2D eigenvalue weighted by Crippen LogP contribution is 2.47. The summed E-state index contributed by atoms with van der Waals surface area (Å²) >= 11 is 0. The lowest BCUT2D eigenvalue weighted by atomic mass is 10.1. The summed E-state index contributed by atoms with van der Waals surface area (Å²) in [6.45, 7) is 13.7. The Bertz CT molecular complexity index is 554. The molecule has 28 heavy (non-hydrogen) atoms. The molecule has 0 saturated carbocycles. The minimum atomic E-state index is -3.27. The van der Waals surface area contributed by atoms with Crippen molar-refractivity contribution in [1.82, 2.24) is 0 Å². The third kappa shape index (κ3) is 10.6. The molecule has 0 radical (unpaired) electrons. The van der Waals surface area contributed by atoms with Gasteiger partial charge in [0.15, 0.2) is 0 Å². The smallest absolute Gasteiger partial charge is 0.305 e. The molecule has 0 amide bonds. The van der Waals surface area contributed by atoms with Gasteiger partial charge in [0.1, 0.15) is 0 Å². The van der Waals surface area contributed by atoms with E-state index < -0.39 is 7.60 Å². The highest BCUT2D eigenvalue weighted by atomic mass is 31.2. The molecule has 0 unspecified atom stereocenters. The second-order valence-corrected chi connectivity index (χ2v) is 10.5. The average Bonchev–Trinajstić information content (AvgIpc) is 2.67. The van der Waals surface area contributed by atoms with E-state index in [0.717, 1.165) is 43.1 Å². The normalized spacial score (nSPS) is 12.1. The molecule has 3 nitrogen and oxygen atoms in total. The fraction of sp³-hybridized carbons (Fsp3) is 0.667. The van der Waals surface area contributed by atoms with Crippen LogP contribution in [-0.4, -0.2) is 13.2 Å². The van der Waals surface area contributed by atoms with Crippen LogP contribution in [0.15, 0.2) is 30.8 Å². The minimum Gasteiger partial charge on any atom is -0.305 e. The van der Waals surface area contributed by atoms with Crippen LogP contribution in [0.3, 0.4) is 0 Å². The van der Waals surface area contributed by atoms with Gasteiger partial charge in [-0.25, -0.2) is 0 Å². The van der Waals surface area contributed by atoms with E-state index in [1.165, 1.54) is 25.7 Å². The number of hydrogen-bond acceptors (Lipinski definition) is 3. The molecule has 0 aromatic heterocycles. The lowest BCUT2D eigenvalue weighted by molar-refractivity contribution is 0.205. The molecule has 4 heteroatoms. The lowest BCUT2D eigenvalue weighted by Gasteiger charge is -2.19. The second-order valence-electron chi connectivity index (χ2n) is 8.45. The van der Waals surface area contributed by atoms with Gasteiger partial charge in [-0.05, 0) is 42.4 Å². The van der Waals surface area contributed by atoms with Crippen LogP contribution < -0.4 is 5.30 Å². The van der Waals surface area contributed by atoms with Gasteiger partial charge in [-0.1, -0.05) is 91.0 Å². The van der Waals surface area contributed by atoms with E-state index in [1.807, 2.05) is 24.3 Å². The van der Waals surface area contributed by atoms with Crippen molar-refractivity contribution in [1.29, 1.82) is 0 Å². The van der Waals surface area contributed by atoms with Gasteiger partial charge in [-0.3, -0.25) is 4.57 Å². The van der Waals surface area contributed by atoms with Crippen molar-refractivity contribution in [2.24, 2.45) is 11.8 Å². The summed E-state index contributed by atoms with van der Waals surface area (Å²) in [6, 6.07) is 7.50. The first-order valence-electron chi connectivity index (χ1n) is 11.0. The Kier molecular flexibility index (Phi) is 12.7. The van der Waals surface area contributed by atoms with Gasteiger partial charge in [0.05, 0.1) is 18.5 Å². The van der Waals surface area contributed by atoms with E-state index in [9.17, 15) is 4.57 Å². The van der Waals surface area contributed by atoms with Crippen LogP contribution in [0, 0.1) is 11.8 Å². The molecule has 1 aromatic rings. The highest BCUT2D eigenvalue weighted by Gasteiger charge is 2.27. The van der Waals surface area contributed by atoms with Gasteiger partial charge in [-0.2, -0.15) is 0 Å². The van der Waals surface area contributed by atoms with Crippen LogP contribution in [0.25, 0.3) is 6.08 Å². The zero-order chi connectivity index (χ0) is 20.8. The van der Waals surface area contributed by atoms with Crippen LogP contribution in [0.2, 0.25) is 0 Å². The zero-order valence-corrected chi connectivity index (χ0v) is 19.4. The largest absolute Gasteiger partial charge is 0.361 e. The zero-order valence-electron chi connectivity index (χ0n) is 18.5. The first-order chi connectivity index (χ1) is 13.4. The van der Waals surface area contributed by atoms with Crippen LogP contribution in [-0.2, 0) is 13.6 Å². The Morgan fingerprint density at radius 3 is 1.68 bits per heavy atom. The first-order valence-corrected chi connectivity index (χ1v) is 12.5. The fourth-order valence-corrected chi connectivity index (χ4v) is 4.64. The summed E-state index contributed by atoms with van der Waals surface area (Å²) in [5.74, 6) is 1.46. The molecule has 0 heterocycles. The summed E-state index contributed by atoms with van der Waals surface area (Å²) in [5.41, 5.74) is 0.998. The fourth-order valence-electron chi connectivity index (χ4n) is 3.01. The third-order valence-electron chi connectivity index (χ3n) is 4.82. The van der Waals surface area contributed by atoms with Crippen LogP contribution in [0.4, 0.5) is 0 Å². The molecule has 0 fully saturated rings. The predicted octanol–water partition coefficient (Wildman–Crippen LogP) is 7.61. The standard InChI is InChI=1S/C24H41O3P/c1-6-23-15-17-24(18-16-23)28(25,26-19-11-7-9-13-21(2)3)27-20-12-8-10-14-22(4)5/h6,15-18,21-22H,1,7-14,19-20H2,2-5H3. The van der Waals surface area contributed by atoms with Gasteiger partial charge in [0.25, 0.3) is 0 Å². The number of rotatable bonds is 16. The number of unbranched alkanes of at least 4 members (excludes halogenated alkanes) is 4. The van der Waals surface area contributed by atoms with Gasteiger partial charge in [0.2, 0.25) is 0 Å². The Balaban J connectivity index is 2.55. The predicted molar refractivity (Wildman–Crippen MR) is 122 cm³/mol. The van der Waals surface area contributed by atoms with Crippen LogP contribution in [0.5, 0.6) is 0 Å². The summed E-state index contributed by atoms with van der Waals surface area (Å²) in [6.07, 6.45) is 10.6. The van der Waals surface area contributed by atoms with E-state index in [-0.39, 0.29) is 0 Å². The maximum atomic E-state index is 13.4. The molecular formula is C24H41O3P. The average molecular weight is 409 g/mol. The van der Waals surface area contributed by atoms with Gasteiger partial charge < -0.3 is 9.05 Å². The molecule has 0 aliphatic heterocycles. The number of benzene rings is 1. The molecule has 1 rings (SSSR count). The third-order valence-corrected chi connectivity index (χ3v) is 6.79. The van der Waals surface area contributed by atoms with Crippen molar-refractivity contribution in [3.8, 4) is 0 Å². The van der Waals surface area contributed by atoms with Crippen LogP contribution >= 0.6 is 7.60 Å². The molecular weight excluding hydrogens is 367 g/mol. The Morgan fingerprint density at radius 1 is 0.821 bits per heavy atom. The van der Waals surface area contributed by atoms with Gasteiger partial charge >= 0.3 is 7.60 Å². The molecule has 0 atom stereocenters. The van der Waals surface area contributed by atoms with Gasteiger partial charge in [0, 0.05) is 0 Å². The molecule has 0 aliphatic carbocycles. The molecule has 160 valence electrons. The van der Waals surface area contributed by atoms with E-state index in [4.69, 9.17) is 9.05 Å². The second kappa shape index (κ2) is 14.1.